The van der Waals surface area contributed by atoms with Crippen LogP contribution in [0.2, 0.25) is 0 Å². The van der Waals surface area contributed by atoms with Crippen LogP contribution < -0.4 is 4.89 Å². The molecule has 54 heavy (non-hydrogen) atoms. The summed E-state index contributed by atoms with van der Waals surface area (Å²) in [7, 11) is 1.13. The normalized spacial score (nSPS) is 14.4. The van der Waals surface area contributed by atoms with Crippen molar-refractivity contribution in [2.45, 2.75) is 148 Å². The van der Waals surface area contributed by atoms with Crippen molar-refractivity contribution in [2.24, 2.45) is 0 Å². The molecule has 0 aliphatic carbocycles. The predicted molar refractivity (Wildman–Crippen MR) is 222 cm³/mol. The van der Waals surface area contributed by atoms with Gasteiger partial charge < -0.3 is 27.9 Å². The van der Waals surface area contributed by atoms with E-state index in [0.717, 1.165) is 77.0 Å². The van der Waals surface area contributed by atoms with Crippen molar-refractivity contribution in [1.29, 1.82) is 0 Å². The Balaban J connectivity index is 4.48. The van der Waals surface area contributed by atoms with Gasteiger partial charge in [0.2, 0.25) is 0 Å². The SMILES string of the molecule is CC/C=C/C=C/C=C/C=C/CCCCCCCC(=O)OC[C@H](COP(=O)([O-])OCC[N+](C)(C)C)OC(=O)CCCCCCC/C=C/C/C=C/CCCCC. The summed E-state index contributed by atoms with van der Waals surface area (Å²) in [5, 5.41) is 0. The number of nitrogens with zero attached hydrogens (tertiary/aromatic N) is 1. The summed E-state index contributed by atoms with van der Waals surface area (Å²) < 4.78 is 33.8. The Labute approximate surface area is 329 Å². The number of hydrogen-bond donors (Lipinski definition) is 0. The van der Waals surface area contributed by atoms with E-state index in [1.54, 1.807) is 0 Å². The van der Waals surface area contributed by atoms with Crippen LogP contribution in [-0.4, -0.2) is 70.0 Å². The third-order valence-electron chi connectivity index (χ3n) is 8.31. The molecule has 0 aromatic heterocycles. The van der Waals surface area contributed by atoms with E-state index in [9.17, 15) is 19.0 Å². The second-order valence-electron chi connectivity index (χ2n) is 14.7. The first kappa shape index (κ1) is 51.5. The summed E-state index contributed by atoms with van der Waals surface area (Å²) in [4.78, 5) is 37.4. The van der Waals surface area contributed by atoms with Gasteiger partial charge in [-0.2, -0.15) is 0 Å². The second-order valence-corrected chi connectivity index (χ2v) is 16.1. The molecule has 10 heteroatoms. The molecule has 0 aromatic carbocycles. The molecular formula is C44H76NO8P. The number of quaternary nitrogens is 1. The first-order valence-corrected chi connectivity index (χ1v) is 22.2. The lowest BCUT2D eigenvalue weighted by Crippen LogP contribution is -2.37. The molecule has 0 amide bonds. The molecule has 0 aliphatic rings. The Bertz CT molecular complexity index is 1150. The molecule has 0 rings (SSSR count). The van der Waals surface area contributed by atoms with Gasteiger partial charge in [-0.3, -0.25) is 14.2 Å². The van der Waals surface area contributed by atoms with Gasteiger partial charge in [-0.1, -0.05) is 138 Å². The van der Waals surface area contributed by atoms with E-state index < -0.39 is 32.5 Å². The van der Waals surface area contributed by atoms with E-state index in [2.05, 4.69) is 56.4 Å². The maximum Gasteiger partial charge on any atom is 0.306 e. The maximum atomic E-state index is 12.6. The minimum Gasteiger partial charge on any atom is -0.756 e. The van der Waals surface area contributed by atoms with Gasteiger partial charge in [0.1, 0.15) is 19.8 Å². The molecule has 0 spiro atoms. The molecule has 0 heterocycles. The van der Waals surface area contributed by atoms with Crippen LogP contribution in [0.3, 0.4) is 0 Å². The number of esters is 2. The average molecular weight is 778 g/mol. The molecule has 0 radical (unpaired) electrons. The summed E-state index contributed by atoms with van der Waals surface area (Å²) >= 11 is 0. The smallest absolute Gasteiger partial charge is 0.306 e. The van der Waals surface area contributed by atoms with Crippen molar-refractivity contribution in [3.8, 4) is 0 Å². The summed E-state index contributed by atoms with van der Waals surface area (Å²) in [6.07, 6.45) is 43.5. The Morgan fingerprint density at radius 1 is 0.611 bits per heavy atom. The van der Waals surface area contributed by atoms with E-state index in [1.807, 2.05) is 51.5 Å². The van der Waals surface area contributed by atoms with Gasteiger partial charge in [0.05, 0.1) is 27.7 Å². The quantitative estimate of drug-likeness (QED) is 0.0154. The lowest BCUT2D eigenvalue weighted by atomic mass is 10.1. The number of allylic oxidation sites excluding steroid dienone is 12. The number of carbonyl (C=O) groups is 2. The van der Waals surface area contributed by atoms with Crippen LogP contribution >= 0.6 is 7.82 Å². The molecule has 9 nitrogen and oxygen atoms in total. The third-order valence-corrected chi connectivity index (χ3v) is 9.27. The van der Waals surface area contributed by atoms with E-state index in [4.69, 9.17) is 18.5 Å². The Morgan fingerprint density at radius 2 is 1.13 bits per heavy atom. The fourth-order valence-corrected chi connectivity index (χ4v) is 5.77. The minimum absolute atomic E-state index is 0.0418. The fourth-order valence-electron chi connectivity index (χ4n) is 5.05. The average Bonchev–Trinajstić information content (AvgIpc) is 3.12. The fraction of sp³-hybridized carbons (Fsp3) is 0.682. The molecular weight excluding hydrogens is 701 g/mol. The Kier molecular flexibility index (Phi) is 34.4. The first-order chi connectivity index (χ1) is 26.0. The summed E-state index contributed by atoms with van der Waals surface area (Å²) in [6.45, 7) is 3.99. The summed E-state index contributed by atoms with van der Waals surface area (Å²) in [5.74, 6) is -0.886. The van der Waals surface area contributed by atoms with E-state index in [1.165, 1.54) is 25.7 Å². The minimum atomic E-state index is -4.64. The van der Waals surface area contributed by atoms with Gasteiger partial charge in [-0.25, -0.2) is 0 Å². The van der Waals surface area contributed by atoms with Crippen molar-refractivity contribution < 1.29 is 42.1 Å². The summed E-state index contributed by atoms with van der Waals surface area (Å²) in [6, 6.07) is 0. The van der Waals surface area contributed by atoms with Crippen molar-refractivity contribution in [3.05, 3.63) is 72.9 Å². The van der Waals surface area contributed by atoms with Crippen LogP contribution in [0.5, 0.6) is 0 Å². The van der Waals surface area contributed by atoms with E-state index in [0.29, 0.717) is 23.9 Å². The Morgan fingerprint density at radius 3 is 1.72 bits per heavy atom. The molecule has 0 fully saturated rings. The van der Waals surface area contributed by atoms with E-state index in [-0.39, 0.29) is 26.1 Å². The van der Waals surface area contributed by atoms with Gasteiger partial charge in [0, 0.05) is 12.8 Å². The monoisotopic (exact) mass is 778 g/mol. The molecule has 0 saturated carbocycles. The molecule has 0 aromatic rings. The third kappa shape index (κ3) is 39.2. The van der Waals surface area contributed by atoms with Gasteiger partial charge in [-0.05, 0) is 64.2 Å². The highest BCUT2D eigenvalue weighted by Gasteiger charge is 2.21. The van der Waals surface area contributed by atoms with Crippen LogP contribution in [0.15, 0.2) is 72.9 Å². The number of phosphoric ester groups is 1. The zero-order chi connectivity index (χ0) is 40.0. The lowest BCUT2D eigenvalue weighted by Gasteiger charge is -2.28. The standard InChI is InChI=1S/C44H76NO8P/c1-6-8-10-12-14-16-18-20-22-24-26-28-30-32-34-36-43(46)50-40-42(41-52-54(48,49)51-39-38-45(3,4)5)53-44(47)37-35-33-31-29-27-25-23-21-19-17-15-13-11-9-7-2/h8,10,12,14-18,20-23,42H,6-7,9,11,13,19,24-41H2,1-5H3/b10-8+,14-12+,17-15+,18-16+,22-20+,23-21+/t42-/m1/s1. The van der Waals surface area contributed by atoms with Crippen LogP contribution in [0.25, 0.3) is 0 Å². The van der Waals surface area contributed by atoms with Crippen molar-refractivity contribution in [3.63, 3.8) is 0 Å². The van der Waals surface area contributed by atoms with Crippen molar-refractivity contribution in [1.82, 2.24) is 0 Å². The van der Waals surface area contributed by atoms with Gasteiger partial charge in [0.15, 0.2) is 6.10 Å². The number of unbranched alkanes of at least 4 members (excludes halogenated alkanes) is 13. The molecule has 2 atom stereocenters. The zero-order valence-electron chi connectivity index (χ0n) is 34.6. The molecule has 0 N–H and O–H groups in total. The molecule has 1 unspecified atom stereocenters. The maximum absolute atomic E-state index is 12.6. The largest absolute Gasteiger partial charge is 0.756 e. The van der Waals surface area contributed by atoms with Gasteiger partial charge in [-0.15, -0.1) is 0 Å². The van der Waals surface area contributed by atoms with Gasteiger partial charge >= 0.3 is 11.9 Å². The van der Waals surface area contributed by atoms with Crippen molar-refractivity contribution >= 4 is 19.8 Å². The number of carbonyl (C=O) groups excluding carboxylic acids is 2. The highest BCUT2D eigenvalue weighted by Crippen LogP contribution is 2.38. The predicted octanol–water partition coefficient (Wildman–Crippen LogP) is 10.8. The van der Waals surface area contributed by atoms with Crippen LogP contribution in [0.1, 0.15) is 142 Å². The zero-order valence-corrected chi connectivity index (χ0v) is 35.5. The Hall–Kier alpha value is -2.55. The van der Waals surface area contributed by atoms with Crippen LogP contribution in [0, 0.1) is 0 Å². The topological polar surface area (TPSA) is 111 Å². The van der Waals surface area contributed by atoms with Crippen molar-refractivity contribution in [2.75, 3.05) is 47.5 Å². The van der Waals surface area contributed by atoms with E-state index >= 15 is 0 Å². The number of likely N-dealkylation sites (N-methyl/N-ethyl adjacent to an activating group) is 1. The van der Waals surface area contributed by atoms with Crippen LogP contribution in [0.4, 0.5) is 0 Å². The number of hydrogen-bond acceptors (Lipinski definition) is 8. The molecule has 310 valence electrons. The van der Waals surface area contributed by atoms with Crippen LogP contribution in [-0.2, 0) is 32.7 Å². The first-order valence-electron chi connectivity index (χ1n) is 20.7. The summed E-state index contributed by atoms with van der Waals surface area (Å²) in [5.41, 5.74) is 0. The molecule has 0 saturated heterocycles. The number of rotatable bonds is 36. The molecule has 0 bridgehead atoms. The number of ether oxygens (including phenoxy) is 2. The lowest BCUT2D eigenvalue weighted by molar-refractivity contribution is -0.870. The second kappa shape index (κ2) is 36.1. The molecule has 0 aliphatic heterocycles. The highest BCUT2D eigenvalue weighted by atomic mass is 31.2. The number of phosphoric acid groups is 1. The highest BCUT2D eigenvalue weighted by molar-refractivity contribution is 7.45. The van der Waals surface area contributed by atoms with Gasteiger partial charge in [0.25, 0.3) is 7.82 Å².